The van der Waals surface area contributed by atoms with Crippen LogP contribution in [0.4, 0.5) is 5.82 Å². The Hall–Kier alpha value is -1.59. The Morgan fingerprint density at radius 3 is 2.80 bits per heavy atom. The molecule has 0 bridgehead atoms. The number of thioether (sulfide) groups is 1. The fraction of sp³-hybridized carbons (Fsp3) is 0.200. The number of hydrogen-bond acceptors (Lipinski definition) is 5. The van der Waals surface area contributed by atoms with E-state index in [0.29, 0.717) is 0 Å². The molecule has 0 atom stereocenters. The summed E-state index contributed by atoms with van der Waals surface area (Å²) in [6.45, 7) is 2.95. The molecule has 20 heavy (non-hydrogen) atoms. The van der Waals surface area contributed by atoms with Crippen LogP contribution in [-0.2, 0) is 5.75 Å². The molecule has 0 radical (unpaired) electrons. The molecule has 2 heterocycles. The minimum absolute atomic E-state index is 0.788. The van der Waals surface area contributed by atoms with Gasteiger partial charge >= 0.3 is 0 Å². The van der Waals surface area contributed by atoms with Crippen LogP contribution in [-0.4, -0.2) is 16.5 Å². The standard InChI is InChI=1S/C15H15N3S2/c1-2-16-14-12-8-9-19-15(12)18-13(17-14)10-20-11-6-4-3-5-7-11/h3-9H,2,10H2,1H3,(H,16,17,18). The van der Waals surface area contributed by atoms with Gasteiger partial charge in [-0.15, -0.1) is 23.1 Å². The van der Waals surface area contributed by atoms with Crippen LogP contribution in [0.1, 0.15) is 12.7 Å². The SMILES string of the molecule is CCNc1nc(CSc2ccccc2)nc2sccc12. The third-order valence-corrected chi connectivity index (χ3v) is 4.64. The lowest BCUT2D eigenvalue weighted by Gasteiger charge is -2.07. The topological polar surface area (TPSA) is 37.8 Å². The monoisotopic (exact) mass is 301 g/mol. The van der Waals surface area contributed by atoms with Gasteiger partial charge < -0.3 is 5.32 Å². The molecule has 102 valence electrons. The smallest absolute Gasteiger partial charge is 0.142 e. The molecule has 0 aliphatic carbocycles. The molecule has 0 aliphatic heterocycles. The van der Waals surface area contributed by atoms with E-state index in [2.05, 4.69) is 57.9 Å². The predicted molar refractivity (Wildman–Crippen MR) is 87.6 cm³/mol. The van der Waals surface area contributed by atoms with Crippen LogP contribution in [0.15, 0.2) is 46.7 Å². The maximum atomic E-state index is 4.64. The minimum Gasteiger partial charge on any atom is -0.370 e. The quantitative estimate of drug-likeness (QED) is 0.708. The Morgan fingerprint density at radius 2 is 2.00 bits per heavy atom. The van der Waals surface area contributed by atoms with E-state index in [-0.39, 0.29) is 0 Å². The summed E-state index contributed by atoms with van der Waals surface area (Å²) in [6, 6.07) is 12.4. The van der Waals surface area contributed by atoms with Crippen molar-refractivity contribution in [1.29, 1.82) is 0 Å². The van der Waals surface area contributed by atoms with Gasteiger partial charge in [0.2, 0.25) is 0 Å². The van der Waals surface area contributed by atoms with Gasteiger partial charge in [0.1, 0.15) is 16.5 Å². The van der Waals surface area contributed by atoms with Gasteiger partial charge in [0, 0.05) is 11.4 Å². The fourth-order valence-corrected chi connectivity index (χ4v) is 3.49. The van der Waals surface area contributed by atoms with Crippen molar-refractivity contribution in [3.8, 4) is 0 Å². The van der Waals surface area contributed by atoms with Gasteiger partial charge in [0.15, 0.2) is 0 Å². The summed E-state index contributed by atoms with van der Waals surface area (Å²) in [6.07, 6.45) is 0. The van der Waals surface area contributed by atoms with Crippen LogP contribution in [0, 0.1) is 0 Å². The number of aromatic nitrogens is 2. The molecule has 0 amide bonds. The maximum Gasteiger partial charge on any atom is 0.142 e. The molecular weight excluding hydrogens is 286 g/mol. The highest BCUT2D eigenvalue weighted by molar-refractivity contribution is 7.98. The number of hydrogen-bond donors (Lipinski definition) is 1. The van der Waals surface area contributed by atoms with Crippen molar-refractivity contribution in [1.82, 2.24) is 9.97 Å². The van der Waals surface area contributed by atoms with E-state index >= 15 is 0 Å². The first-order valence-electron chi connectivity index (χ1n) is 6.52. The number of fused-ring (bicyclic) bond motifs is 1. The summed E-state index contributed by atoms with van der Waals surface area (Å²) in [4.78, 5) is 11.6. The zero-order chi connectivity index (χ0) is 13.8. The van der Waals surface area contributed by atoms with E-state index in [9.17, 15) is 0 Å². The molecule has 3 nitrogen and oxygen atoms in total. The van der Waals surface area contributed by atoms with Crippen molar-refractivity contribution >= 4 is 39.1 Å². The van der Waals surface area contributed by atoms with Gasteiger partial charge in [0.25, 0.3) is 0 Å². The second kappa shape index (κ2) is 6.24. The van der Waals surface area contributed by atoms with Gasteiger partial charge in [-0.2, -0.15) is 0 Å². The highest BCUT2D eigenvalue weighted by Crippen LogP contribution is 2.27. The van der Waals surface area contributed by atoms with Gasteiger partial charge in [-0.3, -0.25) is 0 Å². The van der Waals surface area contributed by atoms with E-state index in [1.807, 2.05) is 6.07 Å². The average Bonchev–Trinajstić information content (AvgIpc) is 2.95. The van der Waals surface area contributed by atoms with Crippen molar-refractivity contribution in [3.05, 3.63) is 47.6 Å². The van der Waals surface area contributed by atoms with Crippen LogP contribution >= 0.6 is 23.1 Å². The second-order valence-corrected chi connectivity index (χ2v) is 6.20. The van der Waals surface area contributed by atoms with E-state index < -0.39 is 0 Å². The number of thiophene rings is 1. The Labute approximate surface area is 126 Å². The molecule has 1 aromatic carbocycles. The Bertz CT molecular complexity index is 695. The summed E-state index contributed by atoms with van der Waals surface area (Å²) >= 11 is 3.43. The molecule has 3 rings (SSSR count). The van der Waals surface area contributed by atoms with Crippen LogP contribution in [0.5, 0.6) is 0 Å². The number of anilines is 1. The van der Waals surface area contributed by atoms with Gasteiger partial charge in [-0.05, 0) is 30.5 Å². The Balaban J connectivity index is 1.84. The summed E-state index contributed by atoms with van der Waals surface area (Å²) in [7, 11) is 0. The summed E-state index contributed by atoms with van der Waals surface area (Å²) in [5.74, 6) is 2.61. The summed E-state index contributed by atoms with van der Waals surface area (Å²) in [5, 5.41) is 6.50. The fourth-order valence-electron chi connectivity index (χ4n) is 1.93. The first kappa shape index (κ1) is 13.4. The van der Waals surface area contributed by atoms with Gasteiger partial charge in [0.05, 0.1) is 11.1 Å². The molecule has 0 aliphatic rings. The average molecular weight is 301 g/mol. The van der Waals surface area contributed by atoms with Crippen molar-refractivity contribution in [2.24, 2.45) is 0 Å². The number of rotatable bonds is 5. The van der Waals surface area contributed by atoms with Crippen molar-refractivity contribution in [3.63, 3.8) is 0 Å². The Morgan fingerprint density at radius 1 is 1.15 bits per heavy atom. The van der Waals surface area contributed by atoms with Crippen LogP contribution in [0.3, 0.4) is 0 Å². The van der Waals surface area contributed by atoms with Gasteiger partial charge in [-0.1, -0.05) is 18.2 Å². The summed E-state index contributed by atoms with van der Waals surface area (Å²) in [5.41, 5.74) is 0. The number of nitrogens with one attached hydrogen (secondary N) is 1. The zero-order valence-corrected chi connectivity index (χ0v) is 12.8. The van der Waals surface area contributed by atoms with Crippen LogP contribution in [0.2, 0.25) is 0 Å². The molecule has 5 heteroatoms. The van der Waals surface area contributed by atoms with E-state index in [4.69, 9.17) is 0 Å². The molecule has 0 saturated carbocycles. The minimum atomic E-state index is 0.788. The molecule has 0 fully saturated rings. The molecule has 2 aromatic heterocycles. The van der Waals surface area contributed by atoms with E-state index in [1.165, 1.54) is 4.90 Å². The number of nitrogens with zero attached hydrogens (tertiary/aromatic N) is 2. The van der Waals surface area contributed by atoms with Crippen molar-refractivity contribution in [2.75, 3.05) is 11.9 Å². The predicted octanol–water partition coefficient (Wildman–Crippen LogP) is 4.42. The first-order chi connectivity index (χ1) is 9.86. The first-order valence-corrected chi connectivity index (χ1v) is 8.39. The molecule has 1 N–H and O–H groups in total. The Kier molecular flexibility index (Phi) is 4.18. The largest absolute Gasteiger partial charge is 0.370 e. The normalized spacial score (nSPS) is 10.8. The van der Waals surface area contributed by atoms with E-state index in [0.717, 1.165) is 34.2 Å². The lowest BCUT2D eigenvalue weighted by molar-refractivity contribution is 1.05. The molecular formula is C15H15N3S2. The maximum absolute atomic E-state index is 4.64. The zero-order valence-electron chi connectivity index (χ0n) is 11.2. The lowest BCUT2D eigenvalue weighted by Crippen LogP contribution is -2.03. The van der Waals surface area contributed by atoms with Crippen LogP contribution in [0.25, 0.3) is 10.2 Å². The molecule has 0 saturated heterocycles. The number of benzene rings is 1. The molecule has 0 unspecified atom stereocenters. The molecule has 0 spiro atoms. The van der Waals surface area contributed by atoms with E-state index in [1.54, 1.807) is 23.1 Å². The van der Waals surface area contributed by atoms with Crippen LogP contribution < -0.4 is 5.32 Å². The third kappa shape index (κ3) is 2.94. The highest BCUT2D eigenvalue weighted by atomic mass is 32.2. The van der Waals surface area contributed by atoms with Crippen molar-refractivity contribution < 1.29 is 0 Å². The van der Waals surface area contributed by atoms with Gasteiger partial charge in [-0.25, -0.2) is 9.97 Å². The lowest BCUT2D eigenvalue weighted by atomic mass is 10.3. The highest BCUT2D eigenvalue weighted by Gasteiger charge is 2.08. The third-order valence-electron chi connectivity index (χ3n) is 2.83. The summed E-state index contributed by atoms with van der Waals surface area (Å²) < 4.78 is 0. The molecule has 3 aromatic rings. The second-order valence-electron chi connectivity index (χ2n) is 4.26. The van der Waals surface area contributed by atoms with Crippen molar-refractivity contribution in [2.45, 2.75) is 17.6 Å².